The molecule has 0 radical (unpaired) electrons. The molecule has 1 aromatic heterocycles. The summed E-state index contributed by atoms with van der Waals surface area (Å²) in [4.78, 5) is 32.3. The van der Waals surface area contributed by atoms with Crippen molar-refractivity contribution in [2.45, 2.75) is 13.8 Å². The van der Waals surface area contributed by atoms with Gasteiger partial charge in [0.25, 0.3) is 11.6 Å². The summed E-state index contributed by atoms with van der Waals surface area (Å²) < 4.78 is 6.15. The highest BCUT2D eigenvalue weighted by atomic mass is 35.5. The number of benzene rings is 2. The van der Waals surface area contributed by atoms with E-state index in [0.29, 0.717) is 40.1 Å². The molecule has 11 heteroatoms. The minimum absolute atomic E-state index is 0. The van der Waals surface area contributed by atoms with Crippen molar-refractivity contribution in [3.05, 3.63) is 63.2 Å². The van der Waals surface area contributed by atoms with Gasteiger partial charge in [0, 0.05) is 31.3 Å². The molecule has 8 nitrogen and oxygen atoms in total. The first-order chi connectivity index (χ1) is 15.9. The monoisotopic (exact) mass is 524 g/mol. The Hall–Kier alpha value is -2.72. The zero-order valence-electron chi connectivity index (χ0n) is 19.1. The average Bonchev–Trinajstić information content (AvgIpc) is 3.27. The number of nitro benzene ring substituents is 1. The van der Waals surface area contributed by atoms with Gasteiger partial charge in [-0.2, -0.15) is 0 Å². The lowest BCUT2D eigenvalue weighted by Crippen LogP contribution is -2.38. The van der Waals surface area contributed by atoms with Crippen molar-refractivity contribution in [3.63, 3.8) is 0 Å². The van der Waals surface area contributed by atoms with Crippen LogP contribution in [-0.2, 0) is 4.79 Å². The van der Waals surface area contributed by atoms with Gasteiger partial charge in [-0.05, 0) is 36.9 Å². The quantitative estimate of drug-likeness (QED) is 0.192. The standard InChI is InChI=1S/C23H25ClN4O4S.ClH/c1-4-26(5-2)13-14-27(20(29)12-9-16-7-6-8-17(15-16)28(30)31)23-25-21-19(32-3)11-10-18(24)22(21)33-23;/h6-12,15H,4-5,13-14H2,1-3H3;1H/b12-9+;. The molecule has 0 N–H and O–H groups in total. The third kappa shape index (κ3) is 6.44. The maximum absolute atomic E-state index is 13.2. The van der Waals surface area contributed by atoms with Crippen LogP contribution in [-0.4, -0.2) is 54.0 Å². The number of thiazole rings is 1. The summed E-state index contributed by atoms with van der Waals surface area (Å²) in [5.74, 6) is 0.308. The van der Waals surface area contributed by atoms with E-state index in [9.17, 15) is 14.9 Å². The Balaban J connectivity index is 0.00000408. The molecule has 1 heterocycles. The highest BCUT2D eigenvalue weighted by Gasteiger charge is 2.21. The molecule has 34 heavy (non-hydrogen) atoms. The van der Waals surface area contributed by atoms with Gasteiger partial charge < -0.3 is 9.64 Å². The second-order valence-electron chi connectivity index (χ2n) is 7.13. The van der Waals surface area contributed by atoms with Gasteiger partial charge in [0.1, 0.15) is 11.3 Å². The van der Waals surface area contributed by atoms with Crippen molar-refractivity contribution >= 4 is 68.4 Å². The zero-order valence-corrected chi connectivity index (χ0v) is 21.5. The van der Waals surface area contributed by atoms with Crippen molar-refractivity contribution < 1.29 is 14.5 Å². The Kier molecular flexibility index (Phi) is 10.2. The summed E-state index contributed by atoms with van der Waals surface area (Å²) in [6.07, 6.45) is 2.98. The van der Waals surface area contributed by atoms with Gasteiger partial charge in [-0.15, -0.1) is 12.4 Å². The van der Waals surface area contributed by atoms with Crippen LogP contribution in [0.1, 0.15) is 19.4 Å². The predicted octanol–water partition coefficient (Wildman–Crippen LogP) is 5.68. The van der Waals surface area contributed by atoms with E-state index in [4.69, 9.17) is 16.3 Å². The minimum Gasteiger partial charge on any atom is -0.494 e. The van der Waals surface area contributed by atoms with Crippen molar-refractivity contribution in [2.24, 2.45) is 0 Å². The minimum atomic E-state index is -0.464. The number of carbonyl (C=O) groups is 1. The lowest BCUT2D eigenvalue weighted by Gasteiger charge is -2.23. The molecule has 0 saturated carbocycles. The van der Waals surface area contributed by atoms with Crippen LogP contribution in [0.5, 0.6) is 5.75 Å². The SMILES string of the molecule is CCN(CC)CCN(C(=O)/C=C/c1cccc([N+](=O)[O-])c1)c1nc2c(OC)ccc(Cl)c2s1.Cl. The smallest absolute Gasteiger partial charge is 0.270 e. The van der Waals surface area contributed by atoms with Crippen molar-refractivity contribution in [2.75, 3.05) is 38.2 Å². The van der Waals surface area contributed by atoms with E-state index < -0.39 is 4.92 Å². The van der Waals surface area contributed by atoms with Crippen molar-refractivity contribution in [1.82, 2.24) is 9.88 Å². The number of aromatic nitrogens is 1. The van der Waals surface area contributed by atoms with E-state index in [2.05, 4.69) is 23.7 Å². The molecule has 182 valence electrons. The molecule has 3 aromatic rings. The predicted molar refractivity (Wildman–Crippen MR) is 141 cm³/mol. The fourth-order valence-corrected chi connectivity index (χ4v) is 4.59. The fourth-order valence-electron chi connectivity index (χ4n) is 3.30. The average molecular weight is 525 g/mol. The van der Waals surface area contributed by atoms with Crippen LogP contribution in [0.3, 0.4) is 0 Å². The maximum atomic E-state index is 13.2. The van der Waals surface area contributed by atoms with Gasteiger partial charge in [-0.3, -0.25) is 19.8 Å². The number of fused-ring (bicyclic) bond motifs is 1. The maximum Gasteiger partial charge on any atom is 0.270 e. The van der Waals surface area contributed by atoms with Crippen molar-refractivity contribution in [3.8, 4) is 5.75 Å². The van der Waals surface area contributed by atoms with Crippen LogP contribution in [0.15, 0.2) is 42.5 Å². The van der Waals surface area contributed by atoms with Crippen molar-refractivity contribution in [1.29, 1.82) is 0 Å². The Labute approximate surface area is 213 Å². The summed E-state index contributed by atoms with van der Waals surface area (Å²) in [5, 5.41) is 12.1. The summed E-state index contributed by atoms with van der Waals surface area (Å²) in [6.45, 7) is 6.97. The number of nitrogens with zero attached hydrogens (tertiary/aromatic N) is 4. The third-order valence-corrected chi connectivity index (χ3v) is 6.74. The second-order valence-corrected chi connectivity index (χ2v) is 8.51. The number of nitro groups is 1. The summed E-state index contributed by atoms with van der Waals surface area (Å²) in [7, 11) is 1.56. The molecular weight excluding hydrogens is 499 g/mol. The van der Waals surface area contributed by atoms with Crippen LogP contribution in [0.2, 0.25) is 5.02 Å². The van der Waals surface area contributed by atoms with Gasteiger partial charge in [-0.1, -0.05) is 48.9 Å². The summed E-state index contributed by atoms with van der Waals surface area (Å²) >= 11 is 7.70. The molecule has 0 unspecified atom stereocenters. The van der Waals surface area contributed by atoms with Crippen LogP contribution in [0.25, 0.3) is 16.3 Å². The largest absolute Gasteiger partial charge is 0.494 e. The highest BCUT2D eigenvalue weighted by Crippen LogP contribution is 2.38. The number of amides is 1. The Morgan fingerprint density at radius 3 is 2.62 bits per heavy atom. The number of ether oxygens (including phenoxy) is 1. The van der Waals surface area contributed by atoms with E-state index in [-0.39, 0.29) is 24.0 Å². The van der Waals surface area contributed by atoms with Gasteiger partial charge in [0.2, 0.25) is 0 Å². The molecule has 3 rings (SSSR count). The number of halogens is 2. The first-order valence-electron chi connectivity index (χ1n) is 10.5. The highest BCUT2D eigenvalue weighted by molar-refractivity contribution is 7.23. The van der Waals surface area contributed by atoms with E-state index in [0.717, 1.165) is 17.8 Å². The third-order valence-electron chi connectivity index (χ3n) is 5.20. The molecule has 0 bridgehead atoms. The number of non-ortho nitro benzene ring substituents is 1. The molecule has 2 aromatic carbocycles. The number of hydrogen-bond acceptors (Lipinski definition) is 7. The molecule has 0 saturated heterocycles. The molecule has 0 aliphatic rings. The van der Waals surface area contributed by atoms with Gasteiger partial charge in [0.05, 0.1) is 21.8 Å². The van der Waals surface area contributed by atoms with Crippen LogP contribution in [0, 0.1) is 10.1 Å². The lowest BCUT2D eigenvalue weighted by atomic mass is 10.2. The van der Waals surface area contributed by atoms with E-state index >= 15 is 0 Å². The summed E-state index contributed by atoms with van der Waals surface area (Å²) in [5.41, 5.74) is 1.14. The number of carbonyl (C=O) groups excluding carboxylic acids is 1. The van der Waals surface area contributed by atoms with Gasteiger partial charge in [0.15, 0.2) is 5.13 Å². The zero-order chi connectivity index (χ0) is 24.0. The Bertz CT molecular complexity index is 1180. The first kappa shape index (κ1) is 27.5. The van der Waals surface area contributed by atoms with E-state index in [1.165, 1.54) is 29.5 Å². The van der Waals surface area contributed by atoms with E-state index in [1.807, 2.05) is 0 Å². The number of methoxy groups -OCH3 is 1. The van der Waals surface area contributed by atoms with Crippen LogP contribution in [0.4, 0.5) is 10.8 Å². The second kappa shape index (κ2) is 12.7. The lowest BCUT2D eigenvalue weighted by molar-refractivity contribution is -0.384. The first-order valence-corrected chi connectivity index (χ1v) is 11.7. The number of hydrogen-bond donors (Lipinski definition) is 0. The molecule has 1 amide bonds. The van der Waals surface area contributed by atoms with Gasteiger partial charge in [-0.25, -0.2) is 4.98 Å². The molecule has 0 atom stereocenters. The van der Waals surface area contributed by atoms with Crippen LogP contribution >= 0.6 is 35.3 Å². The molecular formula is C23H26Cl2N4O4S. The molecule has 0 aliphatic carbocycles. The van der Waals surface area contributed by atoms with Crippen LogP contribution < -0.4 is 9.64 Å². The number of rotatable bonds is 10. The normalized spacial score (nSPS) is 11.1. The topological polar surface area (TPSA) is 88.8 Å². The molecule has 0 fully saturated rings. The van der Waals surface area contributed by atoms with E-state index in [1.54, 1.807) is 42.4 Å². The molecule has 0 aliphatic heterocycles. The molecule has 0 spiro atoms. The summed E-state index contributed by atoms with van der Waals surface area (Å²) in [6, 6.07) is 9.62. The Morgan fingerprint density at radius 2 is 1.97 bits per heavy atom. The fraction of sp³-hybridized carbons (Fsp3) is 0.304. The number of likely N-dealkylation sites (N-methyl/N-ethyl adjacent to an activating group) is 1. The number of anilines is 1. The van der Waals surface area contributed by atoms with Gasteiger partial charge >= 0.3 is 0 Å². The Morgan fingerprint density at radius 1 is 1.24 bits per heavy atom.